The second-order valence-corrected chi connectivity index (χ2v) is 6.72. The Balaban J connectivity index is 2.14. The molecule has 0 spiro atoms. The van der Waals surface area contributed by atoms with Crippen LogP contribution in [-0.4, -0.2) is 19.6 Å². The van der Waals surface area contributed by atoms with Crippen LogP contribution in [0.4, 0.5) is 5.69 Å². The number of nitrogens with zero attached hydrogens (tertiary/aromatic N) is 1. The first-order valence-corrected chi connectivity index (χ1v) is 7.51. The molecule has 3 unspecified atom stereocenters. The second kappa shape index (κ2) is 5.62. The molecule has 0 aliphatic heterocycles. The van der Waals surface area contributed by atoms with Crippen LogP contribution in [0.5, 0.6) is 0 Å². The highest BCUT2D eigenvalue weighted by Crippen LogP contribution is 2.39. The van der Waals surface area contributed by atoms with Gasteiger partial charge in [0.1, 0.15) is 0 Å². The molecule has 1 aromatic rings. The molecule has 1 aliphatic carbocycles. The first kappa shape index (κ1) is 13.9. The van der Waals surface area contributed by atoms with Crippen LogP contribution < -0.4 is 10.6 Å². The Morgan fingerprint density at radius 1 is 1.50 bits per heavy atom. The van der Waals surface area contributed by atoms with E-state index in [1.165, 1.54) is 17.7 Å². The van der Waals surface area contributed by atoms with Crippen LogP contribution in [0.25, 0.3) is 0 Å². The molecule has 0 heterocycles. The number of anilines is 1. The summed E-state index contributed by atoms with van der Waals surface area (Å²) in [5.41, 5.74) is 8.62. The number of rotatable bonds is 5. The fraction of sp³-hybridized carbons (Fsp3) is 0.600. The number of benzene rings is 1. The molecule has 1 aliphatic rings. The third-order valence-corrected chi connectivity index (χ3v) is 4.27. The van der Waals surface area contributed by atoms with Gasteiger partial charge in [-0.1, -0.05) is 22.9 Å². The van der Waals surface area contributed by atoms with Crippen molar-refractivity contribution in [2.24, 2.45) is 17.6 Å². The Morgan fingerprint density at radius 3 is 2.72 bits per heavy atom. The van der Waals surface area contributed by atoms with E-state index < -0.39 is 0 Å². The summed E-state index contributed by atoms with van der Waals surface area (Å²) in [6.07, 6.45) is 2.31. The van der Waals surface area contributed by atoms with Crippen molar-refractivity contribution in [1.29, 1.82) is 0 Å². The van der Waals surface area contributed by atoms with E-state index in [0.29, 0.717) is 0 Å². The summed E-state index contributed by atoms with van der Waals surface area (Å²) in [6.45, 7) is 5.56. The Morgan fingerprint density at radius 2 is 2.17 bits per heavy atom. The molecule has 1 fully saturated rings. The summed E-state index contributed by atoms with van der Waals surface area (Å²) in [6, 6.07) is 6.72. The molecule has 0 bridgehead atoms. The molecule has 2 nitrogen and oxygen atoms in total. The average Bonchev–Trinajstić information content (AvgIpc) is 2.93. The average molecular weight is 311 g/mol. The number of nitrogens with two attached hydrogens (primary N) is 1. The van der Waals surface area contributed by atoms with Gasteiger partial charge in [0.2, 0.25) is 0 Å². The van der Waals surface area contributed by atoms with E-state index in [9.17, 15) is 0 Å². The van der Waals surface area contributed by atoms with Gasteiger partial charge in [-0.3, -0.25) is 0 Å². The van der Waals surface area contributed by atoms with Gasteiger partial charge in [0, 0.05) is 29.8 Å². The SMILES string of the molecule is CC(N)Cc1cc(Br)ccc1N(C)CC1CC1C. The lowest BCUT2D eigenvalue weighted by Gasteiger charge is -2.23. The van der Waals surface area contributed by atoms with Gasteiger partial charge in [-0.25, -0.2) is 0 Å². The van der Waals surface area contributed by atoms with Crippen molar-refractivity contribution in [3.8, 4) is 0 Å². The van der Waals surface area contributed by atoms with Gasteiger partial charge in [-0.2, -0.15) is 0 Å². The smallest absolute Gasteiger partial charge is 0.0397 e. The molecule has 1 saturated carbocycles. The van der Waals surface area contributed by atoms with Crippen LogP contribution in [0.1, 0.15) is 25.8 Å². The zero-order valence-corrected chi connectivity index (χ0v) is 13.1. The van der Waals surface area contributed by atoms with Gasteiger partial charge in [0.25, 0.3) is 0 Å². The monoisotopic (exact) mass is 310 g/mol. The van der Waals surface area contributed by atoms with Crippen molar-refractivity contribution < 1.29 is 0 Å². The molecule has 0 radical (unpaired) electrons. The maximum absolute atomic E-state index is 5.95. The van der Waals surface area contributed by atoms with Crippen LogP contribution in [-0.2, 0) is 6.42 Å². The van der Waals surface area contributed by atoms with Crippen molar-refractivity contribution in [3.05, 3.63) is 28.2 Å². The normalized spacial score (nSPS) is 23.8. The van der Waals surface area contributed by atoms with Gasteiger partial charge < -0.3 is 10.6 Å². The van der Waals surface area contributed by atoms with Crippen molar-refractivity contribution in [2.45, 2.75) is 32.7 Å². The Hall–Kier alpha value is -0.540. The molecule has 18 heavy (non-hydrogen) atoms. The maximum atomic E-state index is 5.95. The highest BCUT2D eigenvalue weighted by atomic mass is 79.9. The summed E-state index contributed by atoms with van der Waals surface area (Å²) >= 11 is 3.55. The van der Waals surface area contributed by atoms with Crippen LogP contribution in [0.3, 0.4) is 0 Å². The lowest BCUT2D eigenvalue weighted by molar-refractivity contribution is 0.709. The van der Waals surface area contributed by atoms with Crippen molar-refractivity contribution in [1.82, 2.24) is 0 Å². The molecule has 3 atom stereocenters. The summed E-state index contributed by atoms with van der Waals surface area (Å²) in [7, 11) is 2.19. The van der Waals surface area contributed by atoms with Crippen LogP contribution >= 0.6 is 15.9 Å². The van der Waals surface area contributed by atoms with E-state index in [1.54, 1.807) is 0 Å². The van der Waals surface area contributed by atoms with E-state index >= 15 is 0 Å². The maximum Gasteiger partial charge on any atom is 0.0397 e. The number of hydrogen-bond donors (Lipinski definition) is 1. The summed E-state index contributed by atoms with van der Waals surface area (Å²) in [5.74, 6) is 1.78. The van der Waals surface area contributed by atoms with Gasteiger partial charge in [-0.15, -0.1) is 0 Å². The zero-order valence-electron chi connectivity index (χ0n) is 11.5. The van der Waals surface area contributed by atoms with E-state index in [-0.39, 0.29) is 6.04 Å². The predicted octanol–water partition coefficient (Wildman–Crippen LogP) is 3.43. The number of halogens is 1. The quantitative estimate of drug-likeness (QED) is 0.903. The standard InChI is InChI=1S/C15H23BrN2/c1-10-6-13(10)9-18(3)15-5-4-14(16)8-12(15)7-11(2)17/h4-5,8,10-11,13H,6-7,9,17H2,1-3H3. The van der Waals surface area contributed by atoms with Crippen LogP contribution in [0.15, 0.2) is 22.7 Å². The zero-order chi connectivity index (χ0) is 13.3. The summed E-state index contributed by atoms with van der Waals surface area (Å²) in [5, 5.41) is 0. The minimum absolute atomic E-state index is 0.200. The molecular formula is C15H23BrN2. The van der Waals surface area contributed by atoms with Crippen molar-refractivity contribution in [2.75, 3.05) is 18.5 Å². The fourth-order valence-corrected chi connectivity index (χ4v) is 2.95. The van der Waals surface area contributed by atoms with Gasteiger partial charge in [0.15, 0.2) is 0 Å². The van der Waals surface area contributed by atoms with Crippen molar-refractivity contribution >= 4 is 21.6 Å². The van der Waals surface area contributed by atoms with E-state index in [0.717, 1.165) is 29.3 Å². The molecule has 2 rings (SSSR count). The van der Waals surface area contributed by atoms with Gasteiger partial charge >= 0.3 is 0 Å². The van der Waals surface area contributed by atoms with E-state index in [4.69, 9.17) is 5.73 Å². The van der Waals surface area contributed by atoms with E-state index in [1.807, 2.05) is 0 Å². The Labute approximate surface area is 119 Å². The van der Waals surface area contributed by atoms with Gasteiger partial charge in [-0.05, 0) is 55.4 Å². The highest BCUT2D eigenvalue weighted by molar-refractivity contribution is 9.10. The molecule has 0 saturated heterocycles. The van der Waals surface area contributed by atoms with Crippen molar-refractivity contribution in [3.63, 3.8) is 0 Å². The minimum Gasteiger partial charge on any atom is -0.374 e. The van der Waals surface area contributed by atoms with E-state index in [2.05, 4.69) is 59.9 Å². The predicted molar refractivity (Wildman–Crippen MR) is 82.0 cm³/mol. The first-order chi connectivity index (χ1) is 8.47. The minimum atomic E-state index is 0.200. The van der Waals surface area contributed by atoms with Crippen LogP contribution in [0.2, 0.25) is 0 Å². The van der Waals surface area contributed by atoms with Gasteiger partial charge in [0.05, 0.1) is 0 Å². The lowest BCUT2D eigenvalue weighted by Crippen LogP contribution is -2.24. The van der Waals surface area contributed by atoms with Crippen LogP contribution in [0, 0.1) is 11.8 Å². The Kier molecular flexibility index (Phi) is 4.33. The molecule has 0 aromatic heterocycles. The highest BCUT2D eigenvalue weighted by Gasteiger charge is 2.33. The first-order valence-electron chi connectivity index (χ1n) is 6.72. The Bertz CT molecular complexity index is 417. The fourth-order valence-electron chi connectivity index (χ4n) is 2.54. The third kappa shape index (κ3) is 3.48. The molecular weight excluding hydrogens is 288 g/mol. The number of hydrogen-bond acceptors (Lipinski definition) is 2. The topological polar surface area (TPSA) is 29.3 Å². The molecule has 0 amide bonds. The summed E-state index contributed by atoms with van der Waals surface area (Å²) < 4.78 is 1.13. The molecule has 3 heteroatoms. The third-order valence-electron chi connectivity index (χ3n) is 3.78. The summed E-state index contributed by atoms with van der Waals surface area (Å²) in [4.78, 5) is 2.39. The molecule has 100 valence electrons. The molecule has 1 aromatic carbocycles. The largest absolute Gasteiger partial charge is 0.374 e. The second-order valence-electron chi connectivity index (χ2n) is 5.81. The molecule has 2 N–H and O–H groups in total. The lowest BCUT2D eigenvalue weighted by atomic mass is 10.0.